The fourth-order valence-corrected chi connectivity index (χ4v) is 4.76. The number of nitrogens with one attached hydrogen (secondary N) is 1. The van der Waals surface area contributed by atoms with Crippen LogP contribution >= 0.6 is 11.6 Å². The SMILES string of the molecule is CC(NS(=O)(=O)c1cc(C(F)(F)F)ccc1Cl)C1CCCCC1. The van der Waals surface area contributed by atoms with Crippen LogP contribution in [0, 0.1) is 5.92 Å². The molecule has 23 heavy (non-hydrogen) atoms. The summed E-state index contributed by atoms with van der Waals surface area (Å²) in [4.78, 5) is -0.531. The highest BCUT2D eigenvalue weighted by atomic mass is 35.5. The van der Waals surface area contributed by atoms with Crippen LogP contribution in [0.5, 0.6) is 0 Å². The molecule has 130 valence electrons. The third-order valence-corrected chi connectivity index (χ3v) is 6.29. The Bertz CT molecular complexity index is 655. The average Bonchev–Trinajstić information content (AvgIpc) is 2.46. The van der Waals surface area contributed by atoms with E-state index >= 15 is 0 Å². The molecule has 1 N–H and O–H groups in total. The predicted molar refractivity (Wildman–Crippen MR) is 82.8 cm³/mol. The van der Waals surface area contributed by atoms with Gasteiger partial charge in [-0.05, 0) is 43.9 Å². The first-order chi connectivity index (χ1) is 10.6. The Morgan fingerprint density at radius 1 is 1.22 bits per heavy atom. The number of benzene rings is 1. The van der Waals surface area contributed by atoms with E-state index < -0.39 is 26.7 Å². The van der Waals surface area contributed by atoms with Gasteiger partial charge in [-0.1, -0.05) is 30.9 Å². The number of sulfonamides is 1. The number of hydrogen-bond acceptors (Lipinski definition) is 2. The van der Waals surface area contributed by atoms with Gasteiger partial charge >= 0.3 is 6.18 Å². The molecule has 1 atom stereocenters. The molecule has 0 amide bonds. The Labute approximate surface area is 139 Å². The lowest BCUT2D eigenvalue weighted by Gasteiger charge is -2.28. The zero-order valence-electron chi connectivity index (χ0n) is 12.7. The van der Waals surface area contributed by atoms with Crippen molar-refractivity contribution in [3.63, 3.8) is 0 Å². The molecule has 1 saturated carbocycles. The highest BCUT2D eigenvalue weighted by Gasteiger charge is 2.33. The van der Waals surface area contributed by atoms with E-state index in [0.29, 0.717) is 6.07 Å². The smallest absolute Gasteiger partial charge is 0.208 e. The Hall–Kier alpha value is -0.790. The van der Waals surface area contributed by atoms with Crippen LogP contribution in [0.4, 0.5) is 13.2 Å². The third-order valence-electron chi connectivity index (χ3n) is 4.25. The lowest BCUT2D eigenvalue weighted by Crippen LogP contribution is -2.39. The molecule has 0 saturated heterocycles. The van der Waals surface area contributed by atoms with Crippen LogP contribution in [-0.4, -0.2) is 14.5 Å². The molecule has 1 aliphatic carbocycles. The van der Waals surface area contributed by atoms with E-state index in [1.807, 2.05) is 0 Å². The van der Waals surface area contributed by atoms with Crippen molar-refractivity contribution < 1.29 is 21.6 Å². The maximum absolute atomic E-state index is 12.8. The Balaban J connectivity index is 2.25. The van der Waals surface area contributed by atoms with Gasteiger partial charge in [0, 0.05) is 6.04 Å². The minimum Gasteiger partial charge on any atom is -0.208 e. The molecule has 0 spiro atoms. The van der Waals surface area contributed by atoms with Crippen molar-refractivity contribution in [1.82, 2.24) is 4.72 Å². The molecule has 1 fully saturated rings. The highest BCUT2D eigenvalue weighted by molar-refractivity contribution is 7.89. The zero-order chi connectivity index (χ0) is 17.3. The van der Waals surface area contributed by atoms with Gasteiger partial charge in [-0.2, -0.15) is 13.2 Å². The van der Waals surface area contributed by atoms with E-state index in [0.717, 1.165) is 44.2 Å². The van der Waals surface area contributed by atoms with Crippen molar-refractivity contribution in [3.05, 3.63) is 28.8 Å². The van der Waals surface area contributed by atoms with Crippen LogP contribution in [0.2, 0.25) is 5.02 Å². The van der Waals surface area contributed by atoms with Crippen molar-refractivity contribution in [3.8, 4) is 0 Å². The summed E-state index contributed by atoms with van der Waals surface area (Å²) >= 11 is 5.81. The summed E-state index contributed by atoms with van der Waals surface area (Å²) in [5.74, 6) is 0.197. The first-order valence-corrected chi connectivity index (χ1v) is 9.36. The number of hydrogen-bond donors (Lipinski definition) is 1. The Kier molecular flexibility index (Phi) is 5.63. The van der Waals surface area contributed by atoms with Crippen LogP contribution in [0.1, 0.15) is 44.6 Å². The van der Waals surface area contributed by atoms with Crippen molar-refractivity contribution in [1.29, 1.82) is 0 Å². The minimum atomic E-state index is -4.62. The second-order valence-corrected chi connectivity index (χ2v) is 8.04. The lowest BCUT2D eigenvalue weighted by molar-refractivity contribution is -0.137. The van der Waals surface area contributed by atoms with Crippen molar-refractivity contribution in [2.75, 3.05) is 0 Å². The summed E-state index contributed by atoms with van der Waals surface area (Å²) < 4.78 is 65.7. The monoisotopic (exact) mass is 369 g/mol. The van der Waals surface area contributed by atoms with Crippen molar-refractivity contribution >= 4 is 21.6 Å². The van der Waals surface area contributed by atoms with E-state index in [-0.39, 0.29) is 17.0 Å². The molecule has 0 radical (unpaired) electrons. The largest absolute Gasteiger partial charge is 0.416 e. The van der Waals surface area contributed by atoms with E-state index in [2.05, 4.69) is 4.72 Å². The summed E-state index contributed by atoms with van der Waals surface area (Å²) in [6.45, 7) is 1.75. The summed E-state index contributed by atoms with van der Waals surface area (Å²) in [6.07, 6.45) is 0.432. The summed E-state index contributed by atoms with van der Waals surface area (Å²) in [5.41, 5.74) is -1.03. The average molecular weight is 370 g/mol. The van der Waals surface area contributed by atoms with E-state index in [9.17, 15) is 21.6 Å². The summed E-state index contributed by atoms with van der Waals surface area (Å²) in [7, 11) is -4.10. The first-order valence-electron chi connectivity index (χ1n) is 7.50. The molecule has 1 aromatic carbocycles. The van der Waals surface area contributed by atoms with Gasteiger partial charge in [0.05, 0.1) is 10.6 Å². The van der Waals surface area contributed by atoms with Gasteiger partial charge < -0.3 is 0 Å². The van der Waals surface area contributed by atoms with E-state index in [1.54, 1.807) is 6.92 Å². The second-order valence-electron chi connectivity index (χ2n) is 5.95. The number of alkyl halides is 3. The van der Waals surface area contributed by atoms with E-state index in [4.69, 9.17) is 11.6 Å². The summed E-state index contributed by atoms with van der Waals surface area (Å²) in [5, 5.41) is -0.221. The number of halogens is 4. The van der Waals surface area contributed by atoms with Crippen LogP contribution in [-0.2, 0) is 16.2 Å². The van der Waals surface area contributed by atoms with Gasteiger partial charge in [-0.25, -0.2) is 13.1 Å². The maximum atomic E-state index is 12.8. The third kappa shape index (κ3) is 4.61. The molecule has 8 heteroatoms. The number of rotatable bonds is 4. The molecule has 2 rings (SSSR count). The maximum Gasteiger partial charge on any atom is 0.416 e. The van der Waals surface area contributed by atoms with E-state index in [1.165, 1.54) is 0 Å². The standard InChI is InChI=1S/C15H19ClF3NO2S/c1-10(11-5-3-2-4-6-11)20-23(21,22)14-9-12(15(17,18)19)7-8-13(14)16/h7-11,20H,2-6H2,1H3. The van der Waals surface area contributed by atoms with Crippen LogP contribution < -0.4 is 4.72 Å². The molecular weight excluding hydrogens is 351 g/mol. The molecule has 0 aliphatic heterocycles. The van der Waals surface area contributed by atoms with Gasteiger partial charge in [0.1, 0.15) is 4.90 Å². The molecular formula is C15H19ClF3NO2S. The minimum absolute atomic E-state index is 0.197. The fourth-order valence-electron chi connectivity index (χ4n) is 2.92. The molecule has 1 unspecified atom stereocenters. The molecule has 3 nitrogen and oxygen atoms in total. The molecule has 0 bridgehead atoms. The normalized spacial score (nSPS) is 18.8. The highest BCUT2D eigenvalue weighted by Crippen LogP contribution is 2.34. The van der Waals surface area contributed by atoms with Crippen LogP contribution in [0.15, 0.2) is 23.1 Å². The van der Waals surface area contributed by atoms with Gasteiger partial charge in [0.25, 0.3) is 0 Å². The van der Waals surface area contributed by atoms with Gasteiger partial charge in [-0.15, -0.1) is 0 Å². The van der Waals surface area contributed by atoms with Crippen molar-refractivity contribution in [2.45, 2.75) is 56.1 Å². The Morgan fingerprint density at radius 3 is 2.39 bits per heavy atom. The first kappa shape index (κ1) is 18.5. The molecule has 1 aromatic rings. The van der Waals surface area contributed by atoms with Gasteiger partial charge in [-0.3, -0.25) is 0 Å². The topological polar surface area (TPSA) is 46.2 Å². The summed E-state index contributed by atoms with van der Waals surface area (Å²) in [6, 6.07) is 1.97. The zero-order valence-corrected chi connectivity index (χ0v) is 14.2. The quantitative estimate of drug-likeness (QED) is 0.842. The molecule has 0 heterocycles. The lowest BCUT2D eigenvalue weighted by atomic mass is 9.85. The fraction of sp³-hybridized carbons (Fsp3) is 0.600. The van der Waals surface area contributed by atoms with Gasteiger partial charge in [0.2, 0.25) is 10.0 Å². The van der Waals surface area contributed by atoms with Crippen LogP contribution in [0.25, 0.3) is 0 Å². The van der Waals surface area contributed by atoms with Gasteiger partial charge in [0.15, 0.2) is 0 Å². The van der Waals surface area contributed by atoms with Crippen LogP contribution in [0.3, 0.4) is 0 Å². The predicted octanol–water partition coefficient (Wildman–Crippen LogP) is 4.61. The van der Waals surface area contributed by atoms with Crippen molar-refractivity contribution in [2.24, 2.45) is 5.92 Å². The Morgan fingerprint density at radius 2 is 1.83 bits per heavy atom. The molecule has 1 aliphatic rings. The molecule has 0 aromatic heterocycles. The second kappa shape index (κ2) is 6.99.